The number of hydrogen-bond donors (Lipinski definition) is 2. The summed E-state index contributed by atoms with van der Waals surface area (Å²) >= 11 is 3.61. The molecule has 10 nitrogen and oxygen atoms in total. The molecule has 4 heterocycles. The zero-order chi connectivity index (χ0) is 33.3. The highest BCUT2D eigenvalue weighted by molar-refractivity contribution is 9.10. The van der Waals surface area contributed by atoms with E-state index in [0.717, 1.165) is 71.6 Å². The van der Waals surface area contributed by atoms with E-state index in [2.05, 4.69) is 79.3 Å². The Labute approximate surface area is 286 Å². The number of aryl methyl sites for hydroxylation is 2. The molecule has 2 fully saturated rings. The molecule has 2 aromatic heterocycles. The third-order valence-corrected chi connectivity index (χ3v) is 11.6. The van der Waals surface area contributed by atoms with Crippen LogP contribution in [-0.2, 0) is 11.0 Å². The first-order valence-corrected chi connectivity index (χ1v) is 19.8. The van der Waals surface area contributed by atoms with Crippen molar-refractivity contribution in [2.75, 3.05) is 82.3 Å². The minimum Gasteiger partial charge on any atom is -0.494 e. The van der Waals surface area contributed by atoms with Gasteiger partial charge in [-0.25, -0.2) is 4.98 Å². The number of anilines is 5. The minimum atomic E-state index is -2.69. The van der Waals surface area contributed by atoms with Gasteiger partial charge in [-0.05, 0) is 92.3 Å². The van der Waals surface area contributed by atoms with Crippen molar-refractivity contribution in [2.24, 2.45) is 0 Å². The third kappa shape index (κ3) is 7.43. The molecule has 6 rings (SSSR count). The predicted molar refractivity (Wildman–Crippen MR) is 199 cm³/mol. The number of piperidine rings is 1. The van der Waals surface area contributed by atoms with Crippen molar-refractivity contribution >= 4 is 68.1 Å². The van der Waals surface area contributed by atoms with Crippen LogP contribution in [-0.4, -0.2) is 97.5 Å². The van der Waals surface area contributed by atoms with Crippen LogP contribution in [0.3, 0.4) is 0 Å². The molecule has 12 heteroatoms. The van der Waals surface area contributed by atoms with E-state index in [1.165, 1.54) is 37.2 Å². The van der Waals surface area contributed by atoms with E-state index in [9.17, 15) is 4.57 Å². The van der Waals surface area contributed by atoms with Gasteiger partial charge < -0.3 is 29.7 Å². The molecular weight excluding hydrogens is 675 g/mol. The van der Waals surface area contributed by atoms with Gasteiger partial charge in [0, 0.05) is 79.6 Å². The average molecular weight is 722 g/mol. The largest absolute Gasteiger partial charge is 0.494 e. The Morgan fingerprint density at radius 3 is 2.40 bits per heavy atom. The summed E-state index contributed by atoms with van der Waals surface area (Å²) in [7, 11) is 1.22. The molecule has 0 saturated carbocycles. The number of methoxy groups -OCH3 is 1. The Hall–Kier alpha value is -3.24. The molecule has 0 unspecified atom stereocenters. The lowest BCUT2D eigenvalue weighted by atomic mass is 10.0. The Morgan fingerprint density at radius 1 is 0.979 bits per heavy atom. The molecule has 0 bridgehead atoms. The molecule has 4 aromatic rings. The number of rotatable bonds is 9. The van der Waals surface area contributed by atoms with Crippen molar-refractivity contribution in [3.05, 3.63) is 58.3 Å². The molecule has 47 heavy (non-hydrogen) atoms. The third-order valence-electron chi connectivity index (χ3n) is 9.42. The molecule has 2 aliphatic rings. The molecule has 0 spiro atoms. The Morgan fingerprint density at radius 2 is 1.72 bits per heavy atom. The summed E-state index contributed by atoms with van der Waals surface area (Å²) in [6, 6.07) is 12.8. The zero-order valence-corrected chi connectivity index (χ0v) is 30.8. The predicted octanol–water partition coefficient (Wildman–Crippen LogP) is 6.62. The lowest BCUT2D eigenvalue weighted by Gasteiger charge is -2.43. The van der Waals surface area contributed by atoms with Crippen molar-refractivity contribution in [1.82, 2.24) is 24.8 Å². The van der Waals surface area contributed by atoms with Crippen molar-refractivity contribution < 1.29 is 9.30 Å². The summed E-state index contributed by atoms with van der Waals surface area (Å²) in [5.41, 5.74) is 5.75. The number of likely N-dealkylation sites (N-methyl/N-ethyl adjacent to an activating group) is 1. The SMILES string of the molecule is CCc1ccc2c(P(C)(C)=O)c(Nc3nc(Nc4cc(C)c(N5CCC(N6CCN(C)CC6)CC5)cc4OC)ncc3Br)ccc2n1. The van der Waals surface area contributed by atoms with E-state index in [1.54, 1.807) is 26.6 Å². The van der Waals surface area contributed by atoms with Crippen molar-refractivity contribution in [1.29, 1.82) is 0 Å². The summed E-state index contributed by atoms with van der Waals surface area (Å²) in [5.74, 6) is 1.72. The molecule has 250 valence electrons. The van der Waals surface area contributed by atoms with Gasteiger partial charge in [0.2, 0.25) is 5.95 Å². The highest BCUT2D eigenvalue weighted by Gasteiger charge is 2.28. The fourth-order valence-corrected chi connectivity index (χ4v) is 8.59. The van der Waals surface area contributed by atoms with Crippen molar-refractivity contribution in [3.8, 4) is 5.75 Å². The van der Waals surface area contributed by atoms with Crippen LogP contribution in [0.2, 0.25) is 0 Å². The van der Waals surface area contributed by atoms with Gasteiger partial charge in [-0.1, -0.05) is 13.0 Å². The maximum Gasteiger partial charge on any atom is 0.229 e. The van der Waals surface area contributed by atoms with E-state index >= 15 is 0 Å². The standard InChI is InChI=1S/C35H46BrN8O2P/c1-7-24-8-9-26-28(38-24)10-11-29(33(26)47(5,6)45)39-34-27(36)22-37-35(41-34)40-30-20-23(2)31(21-32(30)46-4)44-14-12-25(13-15-44)43-18-16-42(3)17-19-43/h8-11,20-22,25H,7,12-19H2,1-6H3,(H2,37,39,40,41). The van der Waals surface area contributed by atoms with Crippen LogP contribution < -0.4 is 25.6 Å². The number of aromatic nitrogens is 3. The number of fused-ring (bicyclic) bond motifs is 1. The Kier molecular flexibility index (Phi) is 10.1. The molecular formula is C35H46BrN8O2P. The van der Waals surface area contributed by atoms with Gasteiger partial charge in [0.05, 0.1) is 28.5 Å². The van der Waals surface area contributed by atoms with Gasteiger partial charge in [0.1, 0.15) is 18.7 Å². The monoisotopic (exact) mass is 720 g/mol. The number of benzene rings is 2. The number of piperazine rings is 1. The van der Waals surface area contributed by atoms with Gasteiger partial charge in [0.15, 0.2) is 0 Å². The van der Waals surface area contributed by atoms with Crippen LogP contribution in [0.15, 0.2) is 47.1 Å². The zero-order valence-electron chi connectivity index (χ0n) is 28.3. The molecule has 2 N–H and O–H groups in total. The second kappa shape index (κ2) is 14.1. The quantitative estimate of drug-likeness (QED) is 0.184. The number of halogens is 1. The normalized spacial score (nSPS) is 16.9. The molecule has 0 radical (unpaired) electrons. The first-order chi connectivity index (χ1) is 22.5. The first kappa shape index (κ1) is 33.7. The lowest BCUT2D eigenvalue weighted by Crippen LogP contribution is -2.52. The summed E-state index contributed by atoms with van der Waals surface area (Å²) < 4.78 is 20.1. The van der Waals surface area contributed by atoms with Crippen LogP contribution >= 0.6 is 23.1 Å². The van der Waals surface area contributed by atoms with Gasteiger partial charge in [-0.2, -0.15) is 4.98 Å². The van der Waals surface area contributed by atoms with E-state index < -0.39 is 7.14 Å². The first-order valence-electron chi connectivity index (χ1n) is 16.4. The summed E-state index contributed by atoms with van der Waals surface area (Å²) in [6.07, 6.45) is 4.90. The fraction of sp³-hybridized carbons (Fsp3) is 0.457. The maximum absolute atomic E-state index is 13.6. The highest BCUT2D eigenvalue weighted by atomic mass is 79.9. The molecule has 0 aliphatic carbocycles. The van der Waals surface area contributed by atoms with Crippen molar-refractivity contribution in [3.63, 3.8) is 0 Å². The fourth-order valence-electron chi connectivity index (χ4n) is 6.82. The molecule has 0 atom stereocenters. The second-order valence-electron chi connectivity index (χ2n) is 13.1. The van der Waals surface area contributed by atoms with E-state index in [-0.39, 0.29) is 0 Å². The number of nitrogens with one attached hydrogen (secondary N) is 2. The van der Waals surface area contributed by atoms with Crippen LogP contribution in [0.4, 0.5) is 28.8 Å². The van der Waals surface area contributed by atoms with Gasteiger partial charge in [0.25, 0.3) is 0 Å². The lowest BCUT2D eigenvalue weighted by molar-refractivity contribution is 0.0982. The molecule has 2 saturated heterocycles. The van der Waals surface area contributed by atoms with Gasteiger partial charge in [-0.3, -0.25) is 9.88 Å². The molecule has 2 aromatic carbocycles. The highest BCUT2D eigenvalue weighted by Crippen LogP contribution is 2.42. The van der Waals surface area contributed by atoms with Crippen LogP contribution in [0.25, 0.3) is 10.9 Å². The van der Waals surface area contributed by atoms with Gasteiger partial charge >= 0.3 is 0 Å². The topological polar surface area (TPSA) is 98.8 Å². The minimum absolute atomic E-state index is 0.418. The summed E-state index contributed by atoms with van der Waals surface area (Å²) in [5, 5.41) is 8.46. The number of pyridine rings is 1. The van der Waals surface area contributed by atoms with Crippen molar-refractivity contribution in [2.45, 2.75) is 39.2 Å². The number of ether oxygens (including phenoxy) is 1. The number of hydrogen-bond acceptors (Lipinski definition) is 10. The van der Waals surface area contributed by atoms with Crippen LogP contribution in [0.5, 0.6) is 5.75 Å². The van der Waals surface area contributed by atoms with E-state index in [4.69, 9.17) is 14.7 Å². The second-order valence-corrected chi connectivity index (χ2v) is 17.1. The summed E-state index contributed by atoms with van der Waals surface area (Å²) in [4.78, 5) is 21.7. The van der Waals surface area contributed by atoms with Crippen LogP contribution in [0.1, 0.15) is 31.0 Å². The van der Waals surface area contributed by atoms with E-state index in [0.29, 0.717) is 22.3 Å². The maximum atomic E-state index is 13.6. The Bertz CT molecular complexity index is 1800. The molecule has 2 aliphatic heterocycles. The van der Waals surface area contributed by atoms with Gasteiger partial charge in [-0.15, -0.1) is 0 Å². The molecule has 0 amide bonds. The average Bonchev–Trinajstić information content (AvgIpc) is 3.06. The van der Waals surface area contributed by atoms with E-state index in [1.807, 2.05) is 24.3 Å². The smallest absolute Gasteiger partial charge is 0.229 e. The Balaban J connectivity index is 1.21. The number of nitrogens with zero attached hydrogens (tertiary/aromatic N) is 6. The summed E-state index contributed by atoms with van der Waals surface area (Å²) in [6.45, 7) is 14.5. The van der Waals surface area contributed by atoms with Crippen LogP contribution in [0, 0.1) is 6.92 Å².